The summed E-state index contributed by atoms with van der Waals surface area (Å²) in [4.78, 5) is 9.90. The van der Waals surface area contributed by atoms with Crippen molar-refractivity contribution in [2.75, 3.05) is 37.6 Å². The maximum Gasteiger partial charge on any atom is 0.192 e. The lowest BCUT2D eigenvalue weighted by Crippen LogP contribution is -2.48. The maximum atomic E-state index is 4.89. The molecule has 182 valence electrons. The second-order valence-corrected chi connectivity index (χ2v) is 9.10. The summed E-state index contributed by atoms with van der Waals surface area (Å²) >= 11 is 0. The van der Waals surface area contributed by atoms with Crippen LogP contribution < -0.4 is 15.5 Å². The molecule has 0 saturated carbocycles. The van der Waals surface area contributed by atoms with Crippen molar-refractivity contribution >= 4 is 35.6 Å². The summed E-state index contributed by atoms with van der Waals surface area (Å²) in [6.45, 7) is 12.1. The van der Waals surface area contributed by atoms with Gasteiger partial charge in [-0.3, -0.25) is 4.90 Å². The molecule has 2 aliphatic rings. The molecule has 2 aliphatic heterocycles. The van der Waals surface area contributed by atoms with Crippen LogP contribution in [0, 0.1) is 13.8 Å². The van der Waals surface area contributed by atoms with Crippen molar-refractivity contribution in [2.45, 2.75) is 58.7 Å². The number of benzene rings is 1. The average Bonchev–Trinajstić information content (AvgIpc) is 3.52. The Morgan fingerprint density at radius 1 is 1.12 bits per heavy atom. The molecule has 1 aromatic heterocycles. The number of nitrogens with one attached hydrogen (secondary N) is 2. The SMILES string of the molecule is CCN1CCCC1CNC(=NCc1nnc(C)n1C)NC1CCN(c2ccc(C)cc2)C1.I. The van der Waals surface area contributed by atoms with Crippen LogP contribution in [0.25, 0.3) is 0 Å². The summed E-state index contributed by atoms with van der Waals surface area (Å²) < 4.78 is 2.01. The molecule has 0 radical (unpaired) electrons. The first-order valence-corrected chi connectivity index (χ1v) is 12.0. The summed E-state index contributed by atoms with van der Waals surface area (Å²) in [5.74, 6) is 2.67. The summed E-state index contributed by atoms with van der Waals surface area (Å²) in [6, 6.07) is 9.77. The molecule has 3 heterocycles. The first-order chi connectivity index (χ1) is 15.5. The molecule has 2 aromatic rings. The van der Waals surface area contributed by atoms with Gasteiger partial charge < -0.3 is 20.1 Å². The van der Waals surface area contributed by atoms with Crippen molar-refractivity contribution in [3.05, 3.63) is 41.5 Å². The van der Waals surface area contributed by atoms with Crippen molar-refractivity contribution < 1.29 is 0 Å². The highest BCUT2D eigenvalue weighted by Gasteiger charge is 2.26. The van der Waals surface area contributed by atoms with E-state index in [1.165, 1.54) is 30.6 Å². The van der Waals surface area contributed by atoms with Crippen LogP contribution in [-0.4, -0.2) is 70.4 Å². The molecule has 33 heavy (non-hydrogen) atoms. The summed E-state index contributed by atoms with van der Waals surface area (Å²) in [5.41, 5.74) is 2.60. The molecule has 0 bridgehead atoms. The molecule has 0 spiro atoms. The van der Waals surface area contributed by atoms with Crippen molar-refractivity contribution in [3.8, 4) is 0 Å². The first-order valence-electron chi connectivity index (χ1n) is 12.0. The van der Waals surface area contributed by atoms with Gasteiger partial charge in [0, 0.05) is 44.5 Å². The fourth-order valence-corrected chi connectivity index (χ4v) is 4.71. The van der Waals surface area contributed by atoms with Crippen LogP contribution in [0.2, 0.25) is 0 Å². The number of aliphatic imine (C=N–C) groups is 1. The number of likely N-dealkylation sites (tertiary alicyclic amines) is 1. The number of halogens is 1. The van der Waals surface area contributed by atoms with E-state index in [0.717, 1.165) is 50.2 Å². The zero-order valence-corrected chi connectivity index (χ0v) is 22.7. The molecule has 0 amide bonds. The molecule has 2 N–H and O–H groups in total. The third-order valence-corrected chi connectivity index (χ3v) is 6.90. The van der Waals surface area contributed by atoms with E-state index < -0.39 is 0 Å². The normalized spacial score (nSPS) is 21.3. The Bertz CT molecular complexity index is 910. The van der Waals surface area contributed by atoms with E-state index in [9.17, 15) is 0 Å². The Morgan fingerprint density at radius 2 is 1.91 bits per heavy atom. The fourth-order valence-electron chi connectivity index (χ4n) is 4.71. The van der Waals surface area contributed by atoms with Gasteiger partial charge in [0.1, 0.15) is 12.4 Å². The monoisotopic (exact) mass is 566 g/mol. The summed E-state index contributed by atoms with van der Waals surface area (Å²) in [5, 5.41) is 15.8. The highest BCUT2D eigenvalue weighted by molar-refractivity contribution is 14.0. The quantitative estimate of drug-likeness (QED) is 0.305. The van der Waals surface area contributed by atoms with Gasteiger partial charge in [-0.2, -0.15) is 0 Å². The predicted octanol–water partition coefficient (Wildman–Crippen LogP) is 2.85. The van der Waals surface area contributed by atoms with Gasteiger partial charge in [0.25, 0.3) is 0 Å². The van der Waals surface area contributed by atoms with E-state index in [0.29, 0.717) is 18.6 Å². The molecule has 1 aromatic carbocycles. The minimum Gasteiger partial charge on any atom is -0.369 e. The Kier molecular flexibility index (Phi) is 9.37. The first kappa shape index (κ1) is 25.7. The summed E-state index contributed by atoms with van der Waals surface area (Å²) in [6.07, 6.45) is 3.63. The largest absolute Gasteiger partial charge is 0.369 e. The third kappa shape index (κ3) is 6.59. The second-order valence-electron chi connectivity index (χ2n) is 9.10. The minimum atomic E-state index is 0. The zero-order valence-electron chi connectivity index (χ0n) is 20.4. The lowest BCUT2D eigenvalue weighted by molar-refractivity contribution is 0.267. The highest BCUT2D eigenvalue weighted by Crippen LogP contribution is 2.21. The fraction of sp³-hybridized carbons (Fsp3) is 0.625. The topological polar surface area (TPSA) is 73.6 Å². The van der Waals surface area contributed by atoms with Gasteiger partial charge in [0.2, 0.25) is 0 Å². The second kappa shape index (κ2) is 12.0. The van der Waals surface area contributed by atoms with Gasteiger partial charge >= 0.3 is 0 Å². The number of aryl methyl sites for hydroxylation is 2. The van der Waals surface area contributed by atoms with Gasteiger partial charge in [-0.15, -0.1) is 34.2 Å². The molecular formula is C24H39IN8. The van der Waals surface area contributed by atoms with E-state index in [4.69, 9.17) is 4.99 Å². The number of hydrogen-bond acceptors (Lipinski definition) is 5. The summed E-state index contributed by atoms with van der Waals surface area (Å²) in [7, 11) is 1.99. The number of rotatable bonds is 7. The van der Waals surface area contributed by atoms with Crippen LogP contribution in [0.1, 0.15) is 43.4 Å². The maximum absolute atomic E-state index is 4.89. The molecule has 2 atom stereocenters. The van der Waals surface area contributed by atoms with Crippen LogP contribution >= 0.6 is 24.0 Å². The molecule has 0 aliphatic carbocycles. The van der Waals surface area contributed by atoms with Gasteiger partial charge in [0.05, 0.1) is 0 Å². The lowest BCUT2D eigenvalue weighted by Gasteiger charge is -2.25. The predicted molar refractivity (Wildman–Crippen MR) is 145 cm³/mol. The molecule has 8 nitrogen and oxygen atoms in total. The highest BCUT2D eigenvalue weighted by atomic mass is 127. The molecule has 9 heteroatoms. The van der Waals surface area contributed by atoms with E-state index in [1.807, 2.05) is 18.5 Å². The van der Waals surface area contributed by atoms with E-state index in [2.05, 4.69) is 68.7 Å². The Balaban J connectivity index is 0.00000306. The van der Waals surface area contributed by atoms with Crippen LogP contribution in [-0.2, 0) is 13.6 Å². The Morgan fingerprint density at radius 3 is 2.61 bits per heavy atom. The standard InChI is InChI=1S/C24H38N8.HI/c1-5-31-13-6-7-22(31)15-25-24(26-16-23-29-28-19(3)30(23)4)27-20-12-14-32(17-20)21-10-8-18(2)9-11-21;/h8-11,20,22H,5-7,12-17H2,1-4H3,(H2,25,26,27);1H. The van der Waals surface area contributed by atoms with E-state index >= 15 is 0 Å². The van der Waals surface area contributed by atoms with E-state index in [1.54, 1.807) is 0 Å². The Labute approximate surface area is 215 Å². The van der Waals surface area contributed by atoms with Gasteiger partial charge in [-0.05, 0) is 58.3 Å². The zero-order chi connectivity index (χ0) is 22.5. The number of nitrogens with zero attached hydrogens (tertiary/aromatic N) is 6. The molecule has 2 fully saturated rings. The van der Waals surface area contributed by atoms with Gasteiger partial charge in [-0.1, -0.05) is 24.6 Å². The molecule has 2 unspecified atom stereocenters. The smallest absolute Gasteiger partial charge is 0.192 e. The van der Waals surface area contributed by atoms with Crippen molar-refractivity contribution in [2.24, 2.45) is 12.0 Å². The minimum absolute atomic E-state index is 0. The molecule has 2 saturated heterocycles. The third-order valence-electron chi connectivity index (χ3n) is 6.90. The van der Waals surface area contributed by atoms with Crippen LogP contribution in [0.3, 0.4) is 0 Å². The number of anilines is 1. The van der Waals surface area contributed by atoms with E-state index in [-0.39, 0.29) is 24.0 Å². The van der Waals surface area contributed by atoms with Crippen LogP contribution in [0.15, 0.2) is 29.3 Å². The van der Waals surface area contributed by atoms with Crippen molar-refractivity contribution in [3.63, 3.8) is 0 Å². The molecule has 4 rings (SSSR count). The number of likely N-dealkylation sites (N-methyl/N-ethyl adjacent to an activating group) is 1. The van der Waals surface area contributed by atoms with Gasteiger partial charge in [0.15, 0.2) is 11.8 Å². The van der Waals surface area contributed by atoms with Gasteiger partial charge in [-0.25, -0.2) is 4.99 Å². The Hall–Kier alpha value is -1.88. The lowest BCUT2D eigenvalue weighted by atomic mass is 10.2. The van der Waals surface area contributed by atoms with Crippen molar-refractivity contribution in [1.82, 2.24) is 30.3 Å². The number of hydrogen-bond donors (Lipinski definition) is 2. The van der Waals surface area contributed by atoms with Crippen LogP contribution in [0.5, 0.6) is 0 Å². The number of aromatic nitrogens is 3. The van der Waals surface area contributed by atoms with Crippen molar-refractivity contribution in [1.29, 1.82) is 0 Å². The number of guanidine groups is 1. The molecular weight excluding hydrogens is 527 g/mol. The average molecular weight is 567 g/mol. The van der Waals surface area contributed by atoms with Crippen LogP contribution in [0.4, 0.5) is 5.69 Å².